The molecule has 2 atom stereocenters. The Morgan fingerprint density at radius 2 is 2.10 bits per heavy atom. The van der Waals surface area contributed by atoms with Crippen molar-refractivity contribution < 1.29 is 19.4 Å². The summed E-state index contributed by atoms with van der Waals surface area (Å²) < 4.78 is 5.31. The third-order valence-electron chi connectivity index (χ3n) is 3.79. The van der Waals surface area contributed by atoms with E-state index in [1.54, 1.807) is 31.2 Å². The summed E-state index contributed by atoms with van der Waals surface area (Å²) in [6, 6.07) is 6.47. The van der Waals surface area contributed by atoms with Crippen molar-refractivity contribution in [1.82, 2.24) is 5.32 Å². The Balaban J connectivity index is 2.30. The molecule has 0 aliphatic carbocycles. The third-order valence-corrected chi connectivity index (χ3v) is 4.04. The van der Waals surface area contributed by atoms with Gasteiger partial charge in [0.1, 0.15) is 6.10 Å². The van der Waals surface area contributed by atoms with Gasteiger partial charge in [-0.25, -0.2) is 4.79 Å². The lowest BCUT2D eigenvalue weighted by atomic mass is 9.87. The van der Waals surface area contributed by atoms with E-state index in [0.717, 1.165) is 6.42 Å². The molecule has 2 unspecified atom stereocenters. The minimum Gasteiger partial charge on any atom is -0.479 e. The number of rotatable bonds is 5. The Morgan fingerprint density at radius 1 is 1.43 bits per heavy atom. The lowest BCUT2D eigenvalue weighted by Gasteiger charge is -2.31. The Hall–Kier alpha value is -1.59. The monoisotopic (exact) mass is 311 g/mol. The molecule has 0 spiro atoms. The van der Waals surface area contributed by atoms with E-state index in [-0.39, 0.29) is 12.3 Å². The van der Waals surface area contributed by atoms with E-state index in [1.165, 1.54) is 0 Å². The van der Waals surface area contributed by atoms with E-state index in [1.807, 2.05) is 0 Å². The topological polar surface area (TPSA) is 75.6 Å². The van der Waals surface area contributed by atoms with Crippen molar-refractivity contribution in [2.75, 3.05) is 6.61 Å². The van der Waals surface area contributed by atoms with Crippen LogP contribution in [0.1, 0.15) is 31.7 Å². The van der Waals surface area contributed by atoms with E-state index < -0.39 is 17.6 Å². The first-order chi connectivity index (χ1) is 9.99. The zero-order valence-electron chi connectivity index (χ0n) is 11.8. The van der Waals surface area contributed by atoms with Crippen LogP contribution in [0.4, 0.5) is 0 Å². The molecule has 114 valence electrons. The van der Waals surface area contributed by atoms with Crippen LogP contribution >= 0.6 is 11.6 Å². The predicted molar refractivity (Wildman–Crippen MR) is 78.2 cm³/mol. The number of ether oxygens (including phenoxy) is 1. The van der Waals surface area contributed by atoms with Crippen molar-refractivity contribution in [3.63, 3.8) is 0 Å². The molecule has 0 radical (unpaired) electrons. The Kier molecular flexibility index (Phi) is 4.85. The van der Waals surface area contributed by atoms with Crippen LogP contribution in [0.25, 0.3) is 0 Å². The second-order valence-electron chi connectivity index (χ2n) is 5.06. The number of nitrogens with one attached hydrogen (secondary N) is 1. The van der Waals surface area contributed by atoms with Crippen LogP contribution in [-0.4, -0.2) is 29.7 Å². The van der Waals surface area contributed by atoms with Gasteiger partial charge in [0.2, 0.25) is 5.91 Å². The number of aliphatic carboxylic acids is 1. The van der Waals surface area contributed by atoms with Gasteiger partial charge in [-0.2, -0.15) is 0 Å². The molecule has 1 amide bonds. The van der Waals surface area contributed by atoms with Crippen LogP contribution in [0.5, 0.6) is 0 Å². The molecule has 0 aromatic heterocycles. The summed E-state index contributed by atoms with van der Waals surface area (Å²) >= 11 is 5.84. The van der Waals surface area contributed by atoms with Gasteiger partial charge >= 0.3 is 5.97 Å². The van der Waals surface area contributed by atoms with Crippen molar-refractivity contribution >= 4 is 23.5 Å². The third kappa shape index (κ3) is 3.19. The van der Waals surface area contributed by atoms with Crippen LogP contribution < -0.4 is 5.32 Å². The van der Waals surface area contributed by atoms with E-state index in [0.29, 0.717) is 23.6 Å². The van der Waals surface area contributed by atoms with E-state index in [4.69, 9.17) is 16.3 Å². The van der Waals surface area contributed by atoms with Gasteiger partial charge in [0, 0.05) is 11.6 Å². The maximum absolute atomic E-state index is 12.2. The van der Waals surface area contributed by atoms with Crippen LogP contribution in [0.2, 0.25) is 5.02 Å². The first-order valence-electron chi connectivity index (χ1n) is 6.92. The van der Waals surface area contributed by atoms with Gasteiger partial charge < -0.3 is 15.2 Å². The Labute approximate surface area is 128 Å². The average molecular weight is 312 g/mol. The van der Waals surface area contributed by atoms with Crippen LogP contribution in [-0.2, 0) is 19.9 Å². The molecule has 6 heteroatoms. The first kappa shape index (κ1) is 15.8. The summed E-state index contributed by atoms with van der Waals surface area (Å²) in [6.45, 7) is 2.25. The molecule has 1 aromatic carbocycles. The quantitative estimate of drug-likeness (QED) is 0.875. The largest absolute Gasteiger partial charge is 0.479 e. The van der Waals surface area contributed by atoms with Crippen molar-refractivity contribution in [2.24, 2.45) is 0 Å². The zero-order valence-corrected chi connectivity index (χ0v) is 12.5. The predicted octanol–water partition coefficient (Wildman–Crippen LogP) is 2.33. The highest BCUT2D eigenvalue weighted by molar-refractivity contribution is 6.30. The summed E-state index contributed by atoms with van der Waals surface area (Å²) in [5, 5.41) is 12.8. The van der Waals surface area contributed by atoms with Gasteiger partial charge in [-0.15, -0.1) is 0 Å². The van der Waals surface area contributed by atoms with Gasteiger partial charge in [0.05, 0.1) is 0 Å². The van der Waals surface area contributed by atoms with Gasteiger partial charge in [-0.3, -0.25) is 4.79 Å². The van der Waals surface area contributed by atoms with E-state index in [9.17, 15) is 14.7 Å². The molecule has 1 saturated heterocycles. The number of carboxylic acid groups (broad SMARTS) is 1. The van der Waals surface area contributed by atoms with Crippen LogP contribution in [0, 0.1) is 0 Å². The zero-order chi connectivity index (χ0) is 15.5. The lowest BCUT2D eigenvalue weighted by Crippen LogP contribution is -2.54. The van der Waals surface area contributed by atoms with E-state index >= 15 is 0 Å². The number of halogens is 1. The minimum atomic E-state index is -1.46. The molecule has 1 fully saturated rings. The standard InChI is InChI=1S/C15H18ClNO4/c1-2-15(14(19)20,10-5-7-11(16)8-6-10)17-13(18)12-4-3-9-21-12/h5-8,12H,2-4,9H2,1H3,(H,17,18)(H,19,20). The summed E-state index contributed by atoms with van der Waals surface area (Å²) in [4.78, 5) is 24.0. The van der Waals surface area contributed by atoms with Gasteiger partial charge in [0.25, 0.3) is 0 Å². The number of hydrogen-bond acceptors (Lipinski definition) is 3. The Morgan fingerprint density at radius 3 is 2.57 bits per heavy atom. The summed E-state index contributed by atoms with van der Waals surface area (Å²) in [5.74, 6) is -1.48. The molecule has 1 aromatic rings. The SMILES string of the molecule is CCC(NC(=O)C1CCCO1)(C(=O)O)c1ccc(Cl)cc1. The molecular weight excluding hydrogens is 294 g/mol. The molecule has 0 bridgehead atoms. The highest BCUT2D eigenvalue weighted by Gasteiger charge is 2.42. The van der Waals surface area contributed by atoms with Crippen molar-refractivity contribution in [3.8, 4) is 0 Å². The maximum Gasteiger partial charge on any atom is 0.334 e. The van der Waals surface area contributed by atoms with Gasteiger partial charge in [-0.05, 0) is 37.0 Å². The normalized spacial score (nSPS) is 20.8. The van der Waals surface area contributed by atoms with Crippen LogP contribution in [0.15, 0.2) is 24.3 Å². The second-order valence-corrected chi connectivity index (χ2v) is 5.50. The first-order valence-corrected chi connectivity index (χ1v) is 7.30. The summed E-state index contributed by atoms with van der Waals surface area (Å²) in [6.07, 6.45) is 1.09. The minimum absolute atomic E-state index is 0.225. The number of carbonyl (C=O) groups is 2. The molecule has 1 aliphatic rings. The summed E-state index contributed by atoms with van der Waals surface area (Å²) in [7, 11) is 0. The van der Waals surface area contributed by atoms with Crippen molar-refractivity contribution in [2.45, 2.75) is 37.8 Å². The molecule has 2 N–H and O–H groups in total. The molecule has 2 rings (SSSR count). The molecule has 1 aliphatic heterocycles. The fraction of sp³-hybridized carbons (Fsp3) is 0.467. The molecule has 0 saturated carbocycles. The average Bonchev–Trinajstić information content (AvgIpc) is 2.99. The number of amides is 1. The van der Waals surface area contributed by atoms with Crippen molar-refractivity contribution in [3.05, 3.63) is 34.9 Å². The van der Waals surface area contributed by atoms with Gasteiger partial charge in [-0.1, -0.05) is 30.7 Å². The lowest BCUT2D eigenvalue weighted by molar-refractivity contribution is -0.150. The number of carboxylic acids is 1. The molecular formula is C15H18ClNO4. The smallest absolute Gasteiger partial charge is 0.334 e. The Bertz CT molecular complexity index is 525. The highest BCUT2D eigenvalue weighted by Crippen LogP contribution is 2.28. The number of carbonyl (C=O) groups excluding carboxylic acids is 1. The van der Waals surface area contributed by atoms with Gasteiger partial charge in [0.15, 0.2) is 5.54 Å². The number of hydrogen-bond donors (Lipinski definition) is 2. The number of benzene rings is 1. The molecule has 21 heavy (non-hydrogen) atoms. The fourth-order valence-corrected chi connectivity index (χ4v) is 2.63. The fourth-order valence-electron chi connectivity index (χ4n) is 2.50. The maximum atomic E-state index is 12.2. The van der Waals surface area contributed by atoms with E-state index in [2.05, 4.69) is 5.32 Å². The van der Waals surface area contributed by atoms with Crippen molar-refractivity contribution in [1.29, 1.82) is 0 Å². The second kappa shape index (κ2) is 6.45. The van der Waals surface area contributed by atoms with Crippen LogP contribution in [0.3, 0.4) is 0 Å². The molecule has 5 nitrogen and oxygen atoms in total. The highest BCUT2D eigenvalue weighted by atomic mass is 35.5. The summed E-state index contributed by atoms with van der Waals surface area (Å²) in [5.41, 5.74) is -0.971. The molecule has 1 heterocycles.